The van der Waals surface area contributed by atoms with Gasteiger partial charge in [-0.15, -0.1) is 0 Å². The number of aliphatic carboxylic acids is 1. The normalized spacial score (nSPS) is 12.5. The van der Waals surface area contributed by atoms with Crippen molar-refractivity contribution in [3.63, 3.8) is 0 Å². The zero-order valence-corrected chi connectivity index (χ0v) is 15.4. The summed E-state index contributed by atoms with van der Waals surface area (Å²) in [5.41, 5.74) is 2.74. The predicted molar refractivity (Wildman–Crippen MR) is 101 cm³/mol. The van der Waals surface area contributed by atoms with Crippen LogP contribution in [-0.4, -0.2) is 20.6 Å². The molecule has 25 heavy (non-hydrogen) atoms. The topological polar surface area (TPSA) is 55.1 Å². The van der Waals surface area contributed by atoms with Crippen molar-refractivity contribution < 1.29 is 9.90 Å². The van der Waals surface area contributed by atoms with Crippen LogP contribution in [-0.2, 0) is 15.7 Å². The fourth-order valence-corrected chi connectivity index (χ4v) is 3.00. The van der Waals surface area contributed by atoms with E-state index < -0.39 is 11.5 Å². The van der Waals surface area contributed by atoms with Gasteiger partial charge in [-0.05, 0) is 37.0 Å². The summed E-state index contributed by atoms with van der Waals surface area (Å²) >= 11 is 0. The fourth-order valence-electron chi connectivity index (χ4n) is 3.00. The molecule has 0 radical (unpaired) electrons. The van der Waals surface area contributed by atoms with Gasteiger partial charge in [-0.2, -0.15) is 0 Å². The maximum absolute atomic E-state index is 11.9. The van der Waals surface area contributed by atoms with E-state index in [0.29, 0.717) is 5.82 Å². The summed E-state index contributed by atoms with van der Waals surface area (Å²) in [7, 11) is 0. The monoisotopic (exact) mass is 336 g/mol. The lowest BCUT2D eigenvalue weighted by atomic mass is 9.86. The third kappa shape index (κ3) is 2.93. The number of carbonyl (C=O) groups is 1. The first-order valence-electron chi connectivity index (χ1n) is 8.44. The van der Waals surface area contributed by atoms with Crippen molar-refractivity contribution in [1.82, 2.24) is 9.55 Å². The molecule has 0 spiro atoms. The lowest BCUT2D eigenvalue weighted by Gasteiger charge is -2.25. The highest BCUT2D eigenvalue weighted by atomic mass is 16.4. The largest absolute Gasteiger partial charge is 0.480 e. The molecule has 1 heterocycles. The molecule has 0 atom stereocenters. The van der Waals surface area contributed by atoms with Gasteiger partial charge in [0.2, 0.25) is 0 Å². The molecule has 0 unspecified atom stereocenters. The quantitative estimate of drug-likeness (QED) is 0.746. The number of nitrogens with zero attached hydrogens (tertiary/aromatic N) is 2. The summed E-state index contributed by atoms with van der Waals surface area (Å²) in [5.74, 6) is -0.211. The Morgan fingerprint density at radius 2 is 1.56 bits per heavy atom. The maximum Gasteiger partial charge on any atom is 0.329 e. The van der Waals surface area contributed by atoms with E-state index in [1.54, 1.807) is 13.8 Å². The van der Waals surface area contributed by atoms with Gasteiger partial charge in [0.15, 0.2) is 0 Å². The summed E-state index contributed by atoms with van der Waals surface area (Å²) in [6.45, 7) is 9.92. The second kappa shape index (κ2) is 5.73. The molecule has 3 aromatic rings. The first-order chi connectivity index (χ1) is 11.6. The SMILES string of the molecule is CC(C)(C)c1ccc(-c2nc3ccccc3n2C(C)(C)C(=O)O)cc1. The van der Waals surface area contributed by atoms with Crippen LogP contribution in [0.4, 0.5) is 0 Å². The third-order valence-electron chi connectivity index (χ3n) is 4.65. The van der Waals surface area contributed by atoms with Crippen molar-refractivity contribution in [2.45, 2.75) is 45.6 Å². The minimum absolute atomic E-state index is 0.0685. The van der Waals surface area contributed by atoms with Crippen LogP contribution in [0.25, 0.3) is 22.4 Å². The molecular weight excluding hydrogens is 312 g/mol. The van der Waals surface area contributed by atoms with Gasteiger partial charge in [-0.25, -0.2) is 9.78 Å². The van der Waals surface area contributed by atoms with E-state index in [9.17, 15) is 9.90 Å². The van der Waals surface area contributed by atoms with Crippen molar-refractivity contribution >= 4 is 17.0 Å². The summed E-state index contributed by atoms with van der Waals surface area (Å²) in [5, 5.41) is 9.75. The molecule has 130 valence electrons. The van der Waals surface area contributed by atoms with Crippen LogP contribution in [0, 0.1) is 0 Å². The maximum atomic E-state index is 11.9. The second-order valence-corrected chi connectivity index (χ2v) is 7.95. The Bertz CT molecular complexity index is 929. The van der Waals surface area contributed by atoms with Crippen molar-refractivity contribution in [3.8, 4) is 11.4 Å². The fraction of sp³-hybridized carbons (Fsp3) is 0.333. The first kappa shape index (κ1) is 17.2. The zero-order valence-electron chi connectivity index (χ0n) is 15.4. The molecule has 0 amide bonds. The number of hydrogen-bond donors (Lipinski definition) is 1. The Morgan fingerprint density at radius 3 is 2.12 bits per heavy atom. The number of carboxylic acids is 1. The molecule has 3 rings (SSSR count). The Balaban J connectivity index is 2.24. The smallest absolute Gasteiger partial charge is 0.329 e. The number of hydrogen-bond acceptors (Lipinski definition) is 2. The molecule has 4 nitrogen and oxygen atoms in total. The highest BCUT2D eigenvalue weighted by Gasteiger charge is 2.33. The molecule has 0 saturated heterocycles. The van der Waals surface area contributed by atoms with E-state index in [-0.39, 0.29) is 5.41 Å². The number of fused-ring (bicyclic) bond motifs is 1. The first-order valence-corrected chi connectivity index (χ1v) is 8.44. The molecule has 0 aliphatic heterocycles. The molecule has 1 N–H and O–H groups in total. The van der Waals surface area contributed by atoms with E-state index in [0.717, 1.165) is 16.6 Å². The standard InChI is InChI=1S/C21H24N2O2/c1-20(2,3)15-12-10-14(11-13-15)18-22-16-8-6-7-9-17(16)23(18)21(4,5)19(24)25/h6-13H,1-5H3,(H,24,25). The Morgan fingerprint density at radius 1 is 0.960 bits per heavy atom. The summed E-state index contributed by atoms with van der Waals surface area (Å²) in [4.78, 5) is 16.6. The molecule has 0 saturated carbocycles. The number of para-hydroxylation sites is 2. The number of rotatable bonds is 3. The number of benzene rings is 2. The van der Waals surface area contributed by atoms with Gasteiger partial charge in [-0.1, -0.05) is 57.2 Å². The average Bonchev–Trinajstić information content (AvgIpc) is 2.94. The van der Waals surface area contributed by atoms with Gasteiger partial charge in [0, 0.05) is 5.56 Å². The Hall–Kier alpha value is -2.62. The lowest BCUT2D eigenvalue weighted by molar-refractivity contribution is -0.145. The molecule has 2 aromatic carbocycles. The van der Waals surface area contributed by atoms with E-state index >= 15 is 0 Å². The van der Waals surface area contributed by atoms with Crippen LogP contribution in [0.15, 0.2) is 48.5 Å². The van der Waals surface area contributed by atoms with Crippen LogP contribution in [0.3, 0.4) is 0 Å². The van der Waals surface area contributed by atoms with Gasteiger partial charge in [0.1, 0.15) is 11.4 Å². The van der Waals surface area contributed by atoms with E-state index in [2.05, 4.69) is 32.9 Å². The molecule has 0 aliphatic rings. The van der Waals surface area contributed by atoms with Crippen LogP contribution >= 0.6 is 0 Å². The van der Waals surface area contributed by atoms with Crippen molar-refractivity contribution in [2.75, 3.05) is 0 Å². The molecular formula is C21H24N2O2. The lowest BCUT2D eigenvalue weighted by Crippen LogP contribution is -2.36. The highest BCUT2D eigenvalue weighted by Crippen LogP contribution is 2.32. The third-order valence-corrected chi connectivity index (χ3v) is 4.65. The molecule has 0 fully saturated rings. The summed E-state index contributed by atoms with van der Waals surface area (Å²) < 4.78 is 1.82. The molecule has 0 bridgehead atoms. The Labute approximate surface area is 148 Å². The molecule has 1 aromatic heterocycles. The minimum Gasteiger partial charge on any atom is -0.480 e. The van der Waals surface area contributed by atoms with Crippen molar-refractivity contribution in [1.29, 1.82) is 0 Å². The predicted octanol–water partition coefficient (Wildman–Crippen LogP) is 4.82. The highest BCUT2D eigenvalue weighted by molar-refractivity contribution is 5.86. The summed E-state index contributed by atoms with van der Waals surface area (Å²) in [6.07, 6.45) is 0. The van der Waals surface area contributed by atoms with Gasteiger partial charge in [-0.3, -0.25) is 0 Å². The average molecular weight is 336 g/mol. The van der Waals surface area contributed by atoms with E-state index in [1.165, 1.54) is 5.56 Å². The van der Waals surface area contributed by atoms with Crippen LogP contribution in [0.2, 0.25) is 0 Å². The number of aromatic nitrogens is 2. The van der Waals surface area contributed by atoms with Gasteiger partial charge in [0.05, 0.1) is 11.0 Å². The van der Waals surface area contributed by atoms with Gasteiger partial charge < -0.3 is 9.67 Å². The number of carboxylic acid groups (broad SMARTS) is 1. The van der Waals surface area contributed by atoms with Crippen LogP contribution in [0.1, 0.15) is 40.2 Å². The van der Waals surface area contributed by atoms with Crippen LogP contribution in [0.5, 0.6) is 0 Å². The molecule has 0 aliphatic carbocycles. The second-order valence-electron chi connectivity index (χ2n) is 7.95. The van der Waals surface area contributed by atoms with Crippen molar-refractivity contribution in [2.24, 2.45) is 0 Å². The van der Waals surface area contributed by atoms with E-state index in [1.807, 2.05) is 41.0 Å². The van der Waals surface area contributed by atoms with Crippen LogP contribution < -0.4 is 0 Å². The van der Waals surface area contributed by atoms with Gasteiger partial charge in [0.25, 0.3) is 0 Å². The summed E-state index contributed by atoms with van der Waals surface area (Å²) in [6, 6.07) is 15.9. The molecule has 4 heteroatoms. The number of imidazole rings is 1. The Kier molecular flexibility index (Phi) is 3.94. The minimum atomic E-state index is -1.10. The zero-order chi connectivity index (χ0) is 18.4. The van der Waals surface area contributed by atoms with Gasteiger partial charge >= 0.3 is 5.97 Å². The van der Waals surface area contributed by atoms with Crippen molar-refractivity contribution in [3.05, 3.63) is 54.1 Å². The van der Waals surface area contributed by atoms with E-state index in [4.69, 9.17) is 4.98 Å².